The summed E-state index contributed by atoms with van der Waals surface area (Å²) in [6.07, 6.45) is 16.9. The van der Waals surface area contributed by atoms with Crippen LogP contribution in [0.15, 0.2) is 78.0 Å². The standard InChI is InChI=1S/C15H19N/c1-5-9-12-14(11-7-3)15(16-8-4)13-10-6-2/h5-13H,1,3H2,2,4H3/b10-6-,12-9-,14-11+,15-13-,16-8?. The number of hydrogen-bond acceptors (Lipinski definition) is 1. The molecule has 0 radical (unpaired) electrons. The van der Waals surface area contributed by atoms with Crippen molar-refractivity contribution >= 4 is 6.21 Å². The first-order valence-electron chi connectivity index (χ1n) is 5.24. The molecule has 1 nitrogen and oxygen atoms in total. The predicted octanol–water partition coefficient (Wildman–Crippen LogP) is 4.39. The van der Waals surface area contributed by atoms with Crippen LogP contribution < -0.4 is 0 Å². The molecule has 0 fully saturated rings. The number of aliphatic imine (C=N–C) groups is 1. The molecule has 0 N–H and O–H groups in total. The summed E-state index contributed by atoms with van der Waals surface area (Å²) in [7, 11) is 0. The third-order valence-electron chi connectivity index (χ3n) is 1.72. The van der Waals surface area contributed by atoms with E-state index < -0.39 is 0 Å². The first-order valence-corrected chi connectivity index (χ1v) is 5.24. The van der Waals surface area contributed by atoms with Crippen molar-refractivity contribution in [3.8, 4) is 0 Å². The van der Waals surface area contributed by atoms with E-state index in [9.17, 15) is 0 Å². The van der Waals surface area contributed by atoms with E-state index in [-0.39, 0.29) is 0 Å². The molecule has 16 heavy (non-hydrogen) atoms. The molecule has 1 heteroatoms. The molecule has 0 aromatic heterocycles. The van der Waals surface area contributed by atoms with Gasteiger partial charge in [-0.3, -0.25) is 4.99 Å². The lowest BCUT2D eigenvalue weighted by Crippen LogP contribution is -1.83. The Balaban J connectivity index is 5.25. The summed E-state index contributed by atoms with van der Waals surface area (Å²) in [6.45, 7) is 11.2. The van der Waals surface area contributed by atoms with Gasteiger partial charge in [0, 0.05) is 11.8 Å². The molecule has 0 saturated heterocycles. The summed E-state index contributed by atoms with van der Waals surface area (Å²) in [4.78, 5) is 4.32. The molecule has 84 valence electrons. The van der Waals surface area contributed by atoms with Crippen LogP contribution in [0.5, 0.6) is 0 Å². The van der Waals surface area contributed by atoms with Gasteiger partial charge in [-0.05, 0) is 19.9 Å². The molecule has 0 aromatic carbocycles. The van der Waals surface area contributed by atoms with Crippen LogP contribution in [-0.4, -0.2) is 6.21 Å². The summed E-state index contributed by atoms with van der Waals surface area (Å²) in [5.74, 6) is 0. The highest BCUT2D eigenvalue weighted by Crippen LogP contribution is 2.13. The Morgan fingerprint density at radius 3 is 2.25 bits per heavy atom. The van der Waals surface area contributed by atoms with Crippen molar-refractivity contribution < 1.29 is 0 Å². The van der Waals surface area contributed by atoms with Crippen molar-refractivity contribution in [2.24, 2.45) is 4.99 Å². The van der Waals surface area contributed by atoms with Gasteiger partial charge in [0.25, 0.3) is 0 Å². The molecule has 0 rings (SSSR count). The minimum absolute atomic E-state index is 0.901. The fraction of sp³-hybridized carbons (Fsp3) is 0.133. The van der Waals surface area contributed by atoms with Gasteiger partial charge in [0.05, 0.1) is 5.70 Å². The van der Waals surface area contributed by atoms with E-state index in [1.807, 2.05) is 50.3 Å². The fourth-order valence-electron chi connectivity index (χ4n) is 1.07. The smallest absolute Gasteiger partial charge is 0.0697 e. The van der Waals surface area contributed by atoms with Gasteiger partial charge in [-0.15, -0.1) is 0 Å². The molecule has 0 amide bonds. The monoisotopic (exact) mass is 213 g/mol. The topological polar surface area (TPSA) is 12.4 Å². The van der Waals surface area contributed by atoms with Crippen LogP contribution in [0.1, 0.15) is 13.8 Å². The molecule has 0 aliphatic carbocycles. The third-order valence-corrected chi connectivity index (χ3v) is 1.72. The highest BCUT2D eigenvalue weighted by atomic mass is 14.7. The Hall–Kier alpha value is -1.89. The summed E-state index contributed by atoms with van der Waals surface area (Å²) in [5.41, 5.74) is 1.91. The molecule has 0 unspecified atom stereocenters. The molecule has 0 aliphatic rings. The highest BCUT2D eigenvalue weighted by molar-refractivity contribution is 5.59. The highest BCUT2D eigenvalue weighted by Gasteiger charge is 1.96. The first-order chi connectivity index (χ1) is 7.79. The molecule has 0 bridgehead atoms. The van der Waals surface area contributed by atoms with E-state index in [1.54, 1.807) is 18.4 Å². The van der Waals surface area contributed by atoms with Crippen molar-refractivity contribution in [3.05, 3.63) is 73.0 Å². The molecule has 0 atom stereocenters. The Bertz CT molecular complexity index is 363. The Kier molecular flexibility index (Phi) is 8.52. The Morgan fingerprint density at radius 1 is 1.00 bits per heavy atom. The Labute approximate surface area is 98.6 Å². The summed E-state index contributed by atoms with van der Waals surface area (Å²) in [6, 6.07) is 0. The first kappa shape index (κ1) is 14.1. The minimum atomic E-state index is 0.901. The Morgan fingerprint density at radius 2 is 1.75 bits per heavy atom. The molecule has 0 aliphatic heterocycles. The van der Waals surface area contributed by atoms with Crippen LogP contribution >= 0.6 is 0 Å². The van der Waals surface area contributed by atoms with Crippen LogP contribution in [-0.2, 0) is 0 Å². The average Bonchev–Trinajstić information content (AvgIpc) is 2.30. The van der Waals surface area contributed by atoms with Crippen LogP contribution in [0, 0.1) is 0 Å². The quantitative estimate of drug-likeness (QED) is 0.458. The number of allylic oxidation sites excluding steroid dienone is 8. The third kappa shape index (κ3) is 5.76. The van der Waals surface area contributed by atoms with Crippen LogP contribution in [0.2, 0.25) is 0 Å². The zero-order chi connectivity index (χ0) is 12.2. The second-order valence-corrected chi connectivity index (χ2v) is 2.92. The molecule has 0 saturated carbocycles. The average molecular weight is 213 g/mol. The van der Waals surface area contributed by atoms with Gasteiger partial charge in [-0.1, -0.05) is 55.7 Å². The summed E-state index contributed by atoms with van der Waals surface area (Å²) < 4.78 is 0. The van der Waals surface area contributed by atoms with Crippen LogP contribution in [0.3, 0.4) is 0 Å². The maximum atomic E-state index is 4.32. The van der Waals surface area contributed by atoms with E-state index in [0.29, 0.717) is 0 Å². The van der Waals surface area contributed by atoms with Gasteiger partial charge in [0.15, 0.2) is 0 Å². The van der Waals surface area contributed by atoms with Crippen LogP contribution in [0.4, 0.5) is 0 Å². The summed E-state index contributed by atoms with van der Waals surface area (Å²) in [5, 5.41) is 0. The van der Waals surface area contributed by atoms with Crippen molar-refractivity contribution in [1.82, 2.24) is 0 Å². The zero-order valence-electron chi connectivity index (χ0n) is 10.1. The van der Waals surface area contributed by atoms with E-state index in [4.69, 9.17) is 0 Å². The summed E-state index contributed by atoms with van der Waals surface area (Å²) >= 11 is 0. The fourth-order valence-corrected chi connectivity index (χ4v) is 1.07. The molecule has 0 spiro atoms. The van der Waals surface area contributed by atoms with Gasteiger partial charge in [0.1, 0.15) is 0 Å². The second-order valence-electron chi connectivity index (χ2n) is 2.92. The van der Waals surface area contributed by atoms with E-state index in [1.165, 1.54) is 0 Å². The van der Waals surface area contributed by atoms with Crippen molar-refractivity contribution in [1.29, 1.82) is 0 Å². The van der Waals surface area contributed by atoms with Gasteiger partial charge in [0.2, 0.25) is 0 Å². The van der Waals surface area contributed by atoms with Crippen molar-refractivity contribution in [2.45, 2.75) is 13.8 Å². The van der Waals surface area contributed by atoms with Gasteiger partial charge < -0.3 is 0 Å². The maximum absolute atomic E-state index is 4.32. The van der Waals surface area contributed by atoms with Crippen LogP contribution in [0.25, 0.3) is 0 Å². The molecular formula is C15H19N. The van der Waals surface area contributed by atoms with E-state index in [2.05, 4.69) is 18.2 Å². The van der Waals surface area contributed by atoms with Crippen molar-refractivity contribution in [2.75, 3.05) is 0 Å². The lowest BCUT2D eigenvalue weighted by atomic mass is 10.1. The molecular weight excluding hydrogens is 194 g/mol. The zero-order valence-corrected chi connectivity index (χ0v) is 10.1. The normalized spacial score (nSPS) is 14.1. The predicted molar refractivity (Wildman–Crippen MR) is 74.7 cm³/mol. The lowest BCUT2D eigenvalue weighted by Gasteiger charge is -2.00. The maximum Gasteiger partial charge on any atom is 0.0697 e. The number of hydrogen-bond donors (Lipinski definition) is 0. The van der Waals surface area contributed by atoms with Crippen molar-refractivity contribution in [3.63, 3.8) is 0 Å². The van der Waals surface area contributed by atoms with Gasteiger partial charge in [-0.25, -0.2) is 0 Å². The van der Waals surface area contributed by atoms with E-state index >= 15 is 0 Å². The number of rotatable bonds is 6. The van der Waals surface area contributed by atoms with E-state index in [0.717, 1.165) is 11.3 Å². The molecule has 0 heterocycles. The minimum Gasteiger partial charge on any atom is -0.261 e. The second kappa shape index (κ2) is 9.66. The number of nitrogens with zero attached hydrogens (tertiary/aromatic N) is 1. The lowest BCUT2D eigenvalue weighted by molar-refractivity contribution is 1.35. The van der Waals surface area contributed by atoms with Gasteiger partial charge in [-0.2, -0.15) is 0 Å². The largest absolute Gasteiger partial charge is 0.261 e. The molecule has 0 aromatic rings. The van der Waals surface area contributed by atoms with Gasteiger partial charge >= 0.3 is 0 Å². The SMILES string of the molecule is C=C\C=C/C(=C\C=C)C(=C/C=C\C)/N=CC.